The summed E-state index contributed by atoms with van der Waals surface area (Å²) in [5.74, 6) is 0.296. The monoisotopic (exact) mass is 445 g/mol. The van der Waals surface area contributed by atoms with Crippen LogP contribution in [0, 0.1) is 10.1 Å². The van der Waals surface area contributed by atoms with Crippen LogP contribution >= 0.6 is 0 Å². The van der Waals surface area contributed by atoms with Crippen LogP contribution in [0.2, 0.25) is 0 Å². The second-order valence-corrected chi connectivity index (χ2v) is 7.95. The number of carbonyl (C=O) groups excluding carboxylic acids is 1. The molecule has 0 saturated heterocycles. The number of hydrogen-bond donors (Lipinski definition) is 2. The van der Waals surface area contributed by atoms with Crippen molar-refractivity contribution in [2.45, 2.75) is 32.7 Å². The highest BCUT2D eigenvalue weighted by atomic mass is 16.6. The van der Waals surface area contributed by atoms with Crippen molar-refractivity contribution in [3.8, 4) is 0 Å². The van der Waals surface area contributed by atoms with Gasteiger partial charge in [0.05, 0.1) is 16.7 Å². The molecular weight excluding hydrogens is 422 g/mol. The van der Waals surface area contributed by atoms with E-state index in [0.29, 0.717) is 28.4 Å². The van der Waals surface area contributed by atoms with Gasteiger partial charge in [-0.1, -0.05) is 19.9 Å². The molecule has 2 aromatic carbocycles. The smallest absolute Gasteiger partial charge is 0.293 e. The molecule has 4 aromatic rings. The zero-order chi connectivity index (χ0) is 23.5. The molecule has 168 valence electrons. The second-order valence-electron chi connectivity index (χ2n) is 7.95. The van der Waals surface area contributed by atoms with Crippen molar-refractivity contribution in [1.29, 1.82) is 0 Å². The average molecular weight is 445 g/mol. The average Bonchev–Trinajstić information content (AvgIpc) is 3.23. The van der Waals surface area contributed by atoms with Gasteiger partial charge in [0.2, 0.25) is 0 Å². The fourth-order valence-corrected chi connectivity index (χ4v) is 3.36. The third kappa shape index (κ3) is 4.82. The van der Waals surface area contributed by atoms with E-state index < -0.39 is 10.8 Å². The van der Waals surface area contributed by atoms with E-state index >= 15 is 0 Å². The quantitative estimate of drug-likeness (QED) is 0.277. The largest absolute Gasteiger partial charge is 0.440 e. The first kappa shape index (κ1) is 21.9. The van der Waals surface area contributed by atoms with Crippen molar-refractivity contribution in [1.82, 2.24) is 9.97 Å². The van der Waals surface area contributed by atoms with Crippen molar-refractivity contribution >= 4 is 34.1 Å². The lowest BCUT2D eigenvalue weighted by Crippen LogP contribution is -2.14. The van der Waals surface area contributed by atoms with Crippen LogP contribution in [0.5, 0.6) is 0 Å². The van der Waals surface area contributed by atoms with E-state index in [2.05, 4.69) is 20.6 Å². The molecule has 2 aromatic heterocycles. The molecule has 4 rings (SSSR count). The molecule has 0 fully saturated rings. The van der Waals surface area contributed by atoms with E-state index in [4.69, 9.17) is 4.42 Å². The second kappa shape index (κ2) is 9.07. The predicted octanol–water partition coefficient (Wildman–Crippen LogP) is 5.68. The summed E-state index contributed by atoms with van der Waals surface area (Å²) in [4.78, 5) is 32.6. The van der Waals surface area contributed by atoms with E-state index in [-0.39, 0.29) is 23.2 Å². The Morgan fingerprint density at radius 3 is 2.61 bits per heavy atom. The Hall–Kier alpha value is -4.27. The Morgan fingerprint density at radius 2 is 1.91 bits per heavy atom. The van der Waals surface area contributed by atoms with Crippen molar-refractivity contribution in [2.75, 3.05) is 10.6 Å². The SMILES string of the molecule is CC(C)c1nc2cc(NC(=O)c3ccc(NC(C)c4ccccn4)c([N+](=O)[O-])c3)ccc2o1. The number of anilines is 2. The van der Waals surface area contributed by atoms with E-state index in [0.717, 1.165) is 5.69 Å². The molecule has 1 unspecified atom stereocenters. The molecule has 9 nitrogen and oxygen atoms in total. The first-order valence-corrected chi connectivity index (χ1v) is 10.5. The minimum absolute atomic E-state index is 0.142. The summed E-state index contributed by atoms with van der Waals surface area (Å²) in [7, 11) is 0. The van der Waals surface area contributed by atoms with E-state index in [9.17, 15) is 14.9 Å². The molecule has 0 aliphatic rings. The molecular formula is C24H23N5O4. The maximum Gasteiger partial charge on any atom is 0.293 e. The molecule has 0 aliphatic carbocycles. The van der Waals surface area contributed by atoms with Gasteiger partial charge in [0.15, 0.2) is 11.5 Å². The summed E-state index contributed by atoms with van der Waals surface area (Å²) < 4.78 is 5.68. The Balaban J connectivity index is 1.55. The zero-order valence-electron chi connectivity index (χ0n) is 18.4. The number of nitro groups is 1. The lowest BCUT2D eigenvalue weighted by molar-refractivity contribution is -0.384. The number of hydrogen-bond acceptors (Lipinski definition) is 7. The standard InChI is InChI=1S/C24H23N5O4/c1-14(2)24-28-20-13-17(8-10-22(20)33-24)27-23(30)16-7-9-19(21(12-16)29(31)32)26-15(3)18-6-4-5-11-25-18/h4-15,26H,1-3H3,(H,27,30). The van der Waals surface area contributed by atoms with Crippen LogP contribution in [0.4, 0.5) is 17.1 Å². The van der Waals surface area contributed by atoms with Crippen molar-refractivity contribution in [3.05, 3.63) is 88.1 Å². The van der Waals surface area contributed by atoms with Gasteiger partial charge in [0.1, 0.15) is 11.2 Å². The number of rotatable bonds is 7. The highest BCUT2D eigenvalue weighted by Gasteiger charge is 2.20. The van der Waals surface area contributed by atoms with Crippen LogP contribution in [-0.2, 0) is 0 Å². The van der Waals surface area contributed by atoms with Crippen LogP contribution in [0.1, 0.15) is 54.7 Å². The molecule has 0 bridgehead atoms. The van der Waals surface area contributed by atoms with Gasteiger partial charge in [-0.2, -0.15) is 0 Å². The minimum Gasteiger partial charge on any atom is -0.440 e. The van der Waals surface area contributed by atoms with Crippen LogP contribution in [0.25, 0.3) is 11.1 Å². The number of nitro benzene ring substituents is 1. The number of amides is 1. The summed E-state index contributed by atoms with van der Waals surface area (Å²) in [6, 6.07) is 14.7. The molecule has 33 heavy (non-hydrogen) atoms. The molecule has 9 heteroatoms. The maximum absolute atomic E-state index is 12.8. The highest BCUT2D eigenvalue weighted by molar-refractivity contribution is 6.05. The van der Waals surface area contributed by atoms with E-state index in [1.165, 1.54) is 12.1 Å². The number of nitrogens with zero attached hydrogens (tertiary/aromatic N) is 3. The van der Waals surface area contributed by atoms with Crippen LogP contribution in [0.15, 0.2) is 65.2 Å². The Bertz CT molecular complexity index is 1320. The summed E-state index contributed by atoms with van der Waals surface area (Å²) in [6.07, 6.45) is 1.66. The number of oxazole rings is 1. The third-order valence-electron chi connectivity index (χ3n) is 5.12. The van der Waals surface area contributed by atoms with Crippen molar-refractivity contribution in [2.24, 2.45) is 0 Å². The summed E-state index contributed by atoms with van der Waals surface area (Å²) >= 11 is 0. The number of benzene rings is 2. The van der Waals surface area contributed by atoms with Gasteiger partial charge in [0.25, 0.3) is 11.6 Å². The number of carbonyl (C=O) groups is 1. The fourth-order valence-electron chi connectivity index (χ4n) is 3.36. The van der Waals surface area contributed by atoms with Crippen LogP contribution in [-0.4, -0.2) is 20.8 Å². The van der Waals surface area contributed by atoms with E-state index in [1.54, 1.807) is 36.5 Å². The Labute approximate surface area is 190 Å². The van der Waals surface area contributed by atoms with Gasteiger partial charge >= 0.3 is 0 Å². The number of fused-ring (bicyclic) bond motifs is 1. The fraction of sp³-hybridized carbons (Fsp3) is 0.208. The highest BCUT2D eigenvalue weighted by Crippen LogP contribution is 2.30. The lowest BCUT2D eigenvalue weighted by atomic mass is 10.1. The third-order valence-corrected chi connectivity index (χ3v) is 5.12. The van der Waals surface area contributed by atoms with Crippen LogP contribution in [0.3, 0.4) is 0 Å². The Kier molecular flexibility index (Phi) is 6.03. The van der Waals surface area contributed by atoms with Gasteiger partial charge in [-0.3, -0.25) is 19.9 Å². The van der Waals surface area contributed by atoms with Gasteiger partial charge in [0, 0.05) is 29.4 Å². The van der Waals surface area contributed by atoms with Gasteiger partial charge in [-0.25, -0.2) is 4.98 Å². The Morgan fingerprint density at radius 1 is 1.09 bits per heavy atom. The molecule has 0 spiro atoms. The molecule has 1 atom stereocenters. The summed E-state index contributed by atoms with van der Waals surface area (Å²) in [5.41, 5.74) is 2.80. The number of aromatic nitrogens is 2. The van der Waals surface area contributed by atoms with E-state index in [1.807, 2.05) is 32.9 Å². The zero-order valence-corrected chi connectivity index (χ0v) is 18.4. The minimum atomic E-state index is -0.515. The van der Waals surface area contributed by atoms with Crippen molar-refractivity contribution in [3.63, 3.8) is 0 Å². The molecule has 0 aliphatic heterocycles. The topological polar surface area (TPSA) is 123 Å². The lowest BCUT2D eigenvalue weighted by Gasteiger charge is -2.15. The molecule has 1 amide bonds. The first-order chi connectivity index (χ1) is 15.8. The molecule has 0 radical (unpaired) electrons. The first-order valence-electron chi connectivity index (χ1n) is 10.5. The normalized spacial score (nSPS) is 12.0. The summed E-state index contributed by atoms with van der Waals surface area (Å²) in [6.45, 7) is 5.82. The van der Waals surface area contributed by atoms with Gasteiger partial charge in [-0.15, -0.1) is 0 Å². The molecule has 2 heterocycles. The van der Waals surface area contributed by atoms with Crippen LogP contribution < -0.4 is 10.6 Å². The molecule has 0 saturated carbocycles. The number of nitrogens with one attached hydrogen (secondary N) is 2. The maximum atomic E-state index is 12.8. The van der Waals surface area contributed by atoms with Crippen molar-refractivity contribution < 1.29 is 14.1 Å². The summed E-state index contributed by atoms with van der Waals surface area (Å²) in [5, 5.41) is 17.5. The number of pyridine rings is 1. The predicted molar refractivity (Wildman–Crippen MR) is 125 cm³/mol. The van der Waals surface area contributed by atoms with Gasteiger partial charge in [-0.05, 0) is 49.4 Å². The molecule has 2 N–H and O–H groups in total. The van der Waals surface area contributed by atoms with Gasteiger partial charge < -0.3 is 15.1 Å².